The Labute approximate surface area is 112 Å². The molecular weight excluding hydrogens is 256 g/mol. The lowest BCUT2D eigenvalue weighted by molar-refractivity contribution is 0.340. The Bertz CT molecular complexity index is 343. The summed E-state index contributed by atoms with van der Waals surface area (Å²) in [5.74, 6) is 1.05. The molecule has 1 aromatic heterocycles. The van der Waals surface area contributed by atoms with Crippen LogP contribution in [0.4, 0.5) is 5.95 Å². The Kier molecular flexibility index (Phi) is 6.49. The summed E-state index contributed by atoms with van der Waals surface area (Å²) in [6.45, 7) is 3.66. The molecule has 7 heteroatoms. The number of hydrogen-bond acceptors (Lipinski definition) is 6. The molecule has 0 atom stereocenters. The topological polar surface area (TPSA) is 60.4 Å². The van der Waals surface area contributed by atoms with E-state index in [1.807, 2.05) is 4.90 Å². The molecule has 0 radical (unpaired) electrons. The van der Waals surface area contributed by atoms with Gasteiger partial charge in [-0.25, -0.2) is 0 Å². The van der Waals surface area contributed by atoms with Gasteiger partial charge in [-0.3, -0.25) is 0 Å². The van der Waals surface area contributed by atoms with Crippen molar-refractivity contribution in [1.29, 1.82) is 0 Å². The smallest absolute Gasteiger partial charge is 0.324 e. The third kappa shape index (κ3) is 4.18. The van der Waals surface area contributed by atoms with E-state index in [4.69, 9.17) is 21.1 Å². The maximum Gasteiger partial charge on any atom is 0.324 e. The van der Waals surface area contributed by atoms with Gasteiger partial charge in [0.1, 0.15) is 0 Å². The van der Waals surface area contributed by atoms with Crippen molar-refractivity contribution in [2.75, 3.05) is 38.1 Å². The van der Waals surface area contributed by atoms with Gasteiger partial charge in [0.25, 0.3) is 0 Å². The summed E-state index contributed by atoms with van der Waals surface area (Å²) in [5.41, 5.74) is 0. The number of halogens is 1. The van der Waals surface area contributed by atoms with Gasteiger partial charge in [-0.1, -0.05) is 13.3 Å². The molecule has 0 spiro atoms. The zero-order valence-electron chi connectivity index (χ0n) is 11.0. The quantitative estimate of drug-likeness (QED) is 0.673. The molecule has 0 unspecified atom stereocenters. The highest BCUT2D eigenvalue weighted by Gasteiger charge is 2.13. The van der Waals surface area contributed by atoms with Crippen LogP contribution in [0.5, 0.6) is 12.0 Å². The fourth-order valence-corrected chi connectivity index (χ4v) is 1.62. The van der Waals surface area contributed by atoms with Crippen LogP contribution in [0.2, 0.25) is 0 Å². The molecule has 102 valence electrons. The second-order valence-electron chi connectivity index (χ2n) is 3.64. The number of nitrogens with zero attached hydrogens (tertiary/aromatic N) is 4. The minimum absolute atomic E-state index is 0.243. The summed E-state index contributed by atoms with van der Waals surface area (Å²) in [6, 6.07) is 0.487. The zero-order valence-corrected chi connectivity index (χ0v) is 11.8. The first-order valence-electron chi connectivity index (χ1n) is 5.90. The molecule has 1 heterocycles. The minimum Gasteiger partial charge on any atom is -0.467 e. The van der Waals surface area contributed by atoms with Crippen molar-refractivity contribution < 1.29 is 9.47 Å². The minimum atomic E-state index is 0.243. The fraction of sp³-hybridized carbons (Fsp3) is 0.727. The molecule has 0 fully saturated rings. The first-order chi connectivity index (χ1) is 8.74. The molecule has 18 heavy (non-hydrogen) atoms. The van der Waals surface area contributed by atoms with Crippen LogP contribution in [0, 0.1) is 0 Å². The third-order valence-corrected chi connectivity index (χ3v) is 2.54. The van der Waals surface area contributed by atoms with Crippen molar-refractivity contribution >= 4 is 17.5 Å². The van der Waals surface area contributed by atoms with E-state index in [1.165, 1.54) is 14.2 Å². The number of unbranched alkanes of at least 4 members (excludes halogenated alkanes) is 1. The van der Waals surface area contributed by atoms with E-state index < -0.39 is 0 Å². The summed E-state index contributed by atoms with van der Waals surface area (Å²) >= 11 is 5.80. The highest BCUT2D eigenvalue weighted by Crippen LogP contribution is 2.16. The van der Waals surface area contributed by atoms with Crippen molar-refractivity contribution in [3.63, 3.8) is 0 Å². The molecule has 0 aliphatic rings. The normalized spacial score (nSPS) is 10.2. The predicted molar refractivity (Wildman–Crippen MR) is 70.8 cm³/mol. The molecule has 0 bridgehead atoms. The molecule has 1 rings (SSSR count). The molecule has 0 amide bonds. The SMILES string of the molecule is CCCCN(CCCl)c1nc(OC)nc(OC)n1. The Morgan fingerprint density at radius 2 is 1.67 bits per heavy atom. The Hall–Kier alpha value is -1.30. The van der Waals surface area contributed by atoms with Crippen molar-refractivity contribution in [3.8, 4) is 12.0 Å². The molecule has 0 aliphatic heterocycles. The van der Waals surface area contributed by atoms with Gasteiger partial charge in [0.15, 0.2) is 0 Å². The summed E-state index contributed by atoms with van der Waals surface area (Å²) in [6.07, 6.45) is 2.14. The van der Waals surface area contributed by atoms with Gasteiger partial charge in [-0.05, 0) is 6.42 Å². The van der Waals surface area contributed by atoms with Crippen LogP contribution in [0.1, 0.15) is 19.8 Å². The lowest BCUT2D eigenvalue weighted by Crippen LogP contribution is -2.28. The van der Waals surface area contributed by atoms with Gasteiger partial charge in [0.05, 0.1) is 14.2 Å². The summed E-state index contributed by atoms with van der Waals surface area (Å²) in [7, 11) is 3.02. The maximum absolute atomic E-state index is 5.80. The van der Waals surface area contributed by atoms with Crippen LogP contribution in [-0.4, -0.2) is 48.1 Å². The van der Waals surface area contributed by atoms with E-state index in [0.717, 1.165) is 19.4 Å². The van der Waals surface area contributed by atoms with Gasteiger partial charge < -0.3 is 14.4 Å². The van der Waals surface area contributed by atoms with Crippen molar-refractivity contribution in [2.45, 2.75) is 19.8 Å². The van der Waals surface area contributed by atoms with Crippen LogP contribution in [0.15, 0.2) is 0 Å². The molecular formula is C11H19ClN4O2. The Morgan fingerprint density at radius 3 is 2.11 bits per heavy atom. The van der Waals surface area contributed by atoms with Gasteiger partial charge >= 0.3 is 12.0 Å². The van der Waals surface area contributed by atoms with Crippen LogP contribution in [-0.2, 0) is 0 Å². The maximum atomic E-state index is 5.80. The third-order valence-electron chi connectivity index (χ3n) is 2.37. The van der Waals surface area contributed by atoms with Crippen LogP contribution >= 0.6 is 11.6 Å². The standard InChI is InChI=1S/C11H19ClN4O2/c1-4-5-7-16(8-6-12)9-13-10(17-2)15-11(14-9)18-3/h4-8H2,1-3H3. The van der Waals surface area contributed by atoms with Gasteiger partial charge in [0, 0.05) is 19.0 Å². The lowest BCUT2D eigenvalue weighted by atomic mass is 10.3. The average Bonchev–Trinajstić information content (AvgIpc) is 2.42. The number of rotatable bonds is 8. The van der Waals surface area contributed by atoms with E-state index in [0.29, 0.717) is 18.4 Å². The first kappa shape index (κ1) is 14.8. The van der Waals surface area contributed by atoms with Crippen molar-refractivity contribution in [2.24, 2.45) is 0 Å². The largest absolute Gasteiger partial charge is 0.467 e. The lowest BCUT2D eigenvalue weighted by Gasteiger charge is -2.21. The average molecular weight is 275 g/mol. The van der Waals surface area contributed by atoms with Gasteiger partial charge in [-0.15, -0.1) is 16.6 Å². The highest BCUT2D eigenvalue weighted by atomic mass is 35.5. The monoisotopic (exact) mass is 274 g/mol. The second-order valence-corrected chi connectivity index (χ2v) is 4.02. The van der Waals surface area contributed by atoms with Gasteiger partial charge in [-0.2, -0.15) is 9.97 Å². The van der Waals surface area contributed by atoms with E-state index in [9.17, 15) is 0 Å². The van der Waals surface area contributed by atoms with E-state index in [2.05, 4.69) is 21.9 Å². The zero-order chi connectivity index (χ0) is 13.4. The summed E-state index contributed by atoms with van der Waals surface area (Å²) < 4.78 is 10.1. The molecule has 0 N–H and O–H groups in total. The van der Waals surface area contributed by atoms with E-state index in [1.54, 1.807) is 0 Å². The molecule has 0 aromatic carbocycles. The summed E-state index contributed by atoms with van der Waals surface area (Å²) in [4.78, 5) is 14.4. The van der Waals surface area contributed by atoms with Crippen molar-refractivity contribution in [3.05, 3.63) is 0 Å². The van der Waals surface area contributed by atoms with E-state index >= 15 is 0 Å². The second kappa shape index (κ2) is 7.92. The summed E-state index contributed by atoms with van der Waals surface area (Å²) in [5, 5.41) is 0. The number of anilines is 1. The number of ether oxygens (including phenoxy) is 2. The van der Waals surface area contributed by atoms with Gasteiger partial charge in [0.2, 0.25) is 5.95 Å². The van der Waals surface area contributed by atoms with Crippen LogP contribution in [0.25, 0.3) is 0 Å². The van der Waals surface area contributed by atoms with Crippen LogP contribution < -0.4 is 14.4 Å². The molecule has 0 saturated heterocycles. The Balaban J connectivity index is 2.93. The number of alkyl halides is 1. The molecule has 6 nitrogen and oxygen atoms in total. The van der Waals surface area contributed by atoms with E-state index in [-0.39, 0.29) is 12.0 Å². The molecule has 0 saturated carbocycles. The molecule has 0 aliphatic carbocycles. The van der Waals surface area contributed by atoms with Crippen LogP contribution in [0.3, 0.4) is 0 Å². The number of methoxy groups -OCH3 is 2. The number of aromatic nitrogens is 3. The number of hydrogen-bond donors (Lipinski definition) is 0. The van der Waals surface area contributed by atoms with Crippen molar-refractivity contribution in [1.82, 2.24) is 15.0 Å². The first-order valence-corrected chi connectivity index (χ1v) is 6.43. The highest BCUT2D eigenvalue weighted by molar-refractivity contribution is 6.18. The molecule has 1 aromatic rings. The Morgan fingerprint density at radius 1 is 1.06 bits per heavy atom. The predicted octanol–water partition coefficient (Wildman–Crippen LogP) is 1.73. The fourth-order valence-electron chi connectivity index (χ4n) is 1.41.